The minimum atomic E-state index is 0.736. The number of anilines is 1. The van der Waals surface area contributed by atoms with Crippen molar-refractivity contribution in [3.63, 3.8) is 0 Å². The van der Waals surface area contributed by atoms with Gasteiger partial charge in [-0.15, -0.1) is 0 Å². The number of aromatic amines is 1. The maximum atomic E-state index is 4.93. The number of aromatic nitrogens is 6. The summed E-state index contributed by atoms with van der Waals surface area (Å²) < 4.78 is 2.15. The van der Waals surface area contributed by atoms with Crippen molar-refractivity contribution in [1.29, 1.82) is 0 Å². The van der Waals surface area contributed by atoms with E-state index in [-0.39, 0.29) is 0 Å². The molecule has 0 atom stereocenters. The molecule has 0 bridgehead atoms. The highest BCUT2D eigenvalue weighted by molar-refractivity contribution is 5.95. The monoisotopic (exact) mass is 409 g/mol. The lowest BCUT2D eigenvalue weighted by atomic mass is 10.1. The van der Waals surface area contributed by atoms with Gasteiger partial charge in [0.15, 0.2) is 5.82 Å². The lowest BCUT2D eigenvalue weighted by Gasteiger charge is -2.29. The van der Waals surface area contributed by atoms with E-state index in [0.717, 1.165) is 57.9 Å². The molecule has 6 rings (SSSR count). The first kappa shape index (κ1) is 18.1. The van der Waals surface area contributed by atoms with Gasteiger partial charge in [0.05, 0.1) is 5.52 Å². The summed E-state index contributed by atoms with van der Waals surface area (Å²) in [6.07, 6.45) is 7.22. The second-order valence-electron chi connectivity index (χ2n) is 8.13. The first-order valence-electron chi connectivity index (χ1n) is 10.8. The van der Waals surface area contributed by atoms with Crippen LogP contribution in [0.4, 0.5) is 5.69 Å². The summed E-state index contributed by atoms with van der Waals surface area (Å²) in [4.78, 5) is 16.6. The van der Waals surface area contributed by atoms with Crippen molar-refractivity contribution in [3.8, 4) is 17.2 Å². The van der Waals surface area contributed by atoms with Crippen LogP contribution in [0.5, 0.6) is 0 Å². The molecule has 5 aromatic rings. The van der Waals surface area contributed by atoms with Gasteiger partial charge in [-0.1, -0.05) is 24.3 Å². The van der Waals surface area contributed by atoms with Gasteiger partial charge in [0.1, 0.15) is 23.5 Å². The molecule has 154 valence electrons. The third-order valence-corrected chi connectivity index (χ3v) is 6.15. The quantitative estimate of drug-likeness (QED) is 0.469. The summed E-state index contributed by atoms with van der Waals surface area (Å²) in [6.45, 7) is 4.17. The smallest absolute Gasteiger partial charge is 0.157 e. The minimum Gasteiger partial charge on any atom is -0.371 e. The summed E-state index contributed by atoms with van der Waals surface area (Å²) in [7, 11) is 0. The van der Waals surface area contributed by atoms with Crippen molar-refractivity contribution in [1.82, 2.24) is 29.7 Å². The Balaban J connectivity index is 1.61. The van der Waals surface area contributed by atoms with Crippen molar-refractivity contribution >= 4 is 27.5 Å². The fraction of sp³-hybridized carbons (Fsp3) is 0.250. The lowest BCUT2D eigenvalue weighted by molar-refractivity contribution is 0.578. The molecule has 7 heteroatoms. The van der Waals surface area contributed by atoms with Gasteiger partial charge in [-0.05, 0) is 49.8 Å². The highest BCUT2D eigenvalue weighted by atomic mass is 15.2. The van der Waals surface area contributed by atoms with Gasteiger partial charge in [0.2, 0.25) is 0 Å². The van der Waals surface area contributed by atoms with Crippen molar-refractivity contribution in [3.05, 3.63) is 60.8 Å². The van der Waals surface area contributed by atoms with E-state index < -0.39 is 0 Å². The maximum Gasteiger partial charge on any atom is 0.157 e. The van der Waals surface area contributed by atoms with Gasteiger partial charge in [-0.25, -0.2) is 15.0 Å². The Hall–Kier alpha value is -3.74. The van der Waals surface area contributed by atoms with E-state index in [1.165, 1.54) is 24.9 Å². The van der Waals surface area contributed by atoms with E-state index in [1.807, 2.05) is 19.2 Å². The van der Waals surface area contributed by atoms with Crippen LogP contribution in [0.3, 0.4) is 0 Å². The fourth-order valence-electron chi connectivity index (χ4n) is 4.61. The Morgan fingerprint density at radius 3 is 2.58 bits per heavy atom. The van der Waals surface area contributed by atoms with Crippen molar-refractivity contribution in [2.75, 3.05) is 18.0 Å². The van der Waals surface area contributed by atoms with Crippen LogP contribution in [-0.2, 0) is 0 Å². The number of H-pyrrole nitrogens is 1. The number of imidazole rings is 1. The zero-order chi connectivity index (χ0) is 20.8. The Labute approximate surface area is 179 Å². The Kier molecular flexibility index (Phi) is 4.19. The van der Waals surface area contributed by atoms with Crippen molar-refractivity contribution < 1.29 is 0 Å². The van der Waals surface area contributed by atoms with Crippen LogP contribution in [0.1, 0.15) is 25.1 Å². The summed E-state index contributed by atoms with van der Waals surface area (Å²) in [5, 5.41) is 9.39. The molecule has 2 aromatic carbocycles. The number of hydrogen-bond donors (Lipinski definition) is 1. The largest absolute Gasteiger partial charge is 0.371 e. The summed E-state index contributed by atoms with van der Waals surface area (Å²) >= 11 is 0. The van der Waals surface area contributed by atoms with Crippen LogP contribution >= 0.6 is 0 Å². The van der Waals surface area contributed by atoms with Crippen LogP contribution in [-0.4, -0.2) is 42.8 Å². The molecule has 3 aromatic heterocycles. The molecule has 0 amide bonds. The van der Waals surface area contributed by atoms with E-state index >= 15 is 0 Å². The Morgan fingerprint density at radius 1 is 0.935 bits per heavy atom. The second kappa shape index (κ2) is 7.19. The zero-order valence-corrected chi connectivity index (χ0v) is 17.4. The van der Waals surface area contributed by atoms with E-state index in [4.69, 9.17) is 9.97 Å². The predicted octanol–water partition coefficient (Wildman–Crippen LogP) is 4.66. The van der Waals surface area contributed by atoms with Crippen LogP contribution in [0.15, 0.2) is 55.0 Å². The molecule has 1 N–H and O–H groups in total. The van der Waals surface area contributed by atoms with Gasteiger partial charge in [0.25, 0.3) is 0 Å². The number of pyridine rings is 1. The number of fused-ring (bicyclic) bond motifs is 2. The van der Waals surface area contributed by atoms with Gasteiger partial charge in [-0.3, -0.25) is 9.67 Å². The number of hydrogen-bond acceptors (Lipinski definition) is 5. The molecule has 0 spiro atoms. The molecular weight excluding hydrogens is 386 g/mol. The number of benzene rings is 2. The number of nitrogens with one attached hydrogen (secondary N) is 1. The minimum absolute atomic E-state index is 0.736. The lowest BCUT2D eigenvalue weighted by Crippen LogP contribution is -2.29. The molecular formula is C24H23N7. The molecule has 1 aliphatic rings. The average molecular weight is 409 g/mol. The first-order chi connectivity index (χ1) is 15.3. The van der Waals surface area contributed by atoms with Gasteiger partial charge >= 0.3 is 0 Å². The van der Waals surface area contributed by atoms with E-state index in [1.54, 1.807) is 6.33 Å². The average Bonchev–Trinajstić information content (AvgIpc) is 3.46. The van der Waals surface area contributed by atoms with Gasteiger partial charge in [0, 0.05) is 35.9 Å². The standard InChI is InChI=1S/C24H23N7/c1-16-28-23-20(24-26-15-27-29-24)12-19(30-9-5-2-6-10-30)13-21(23)31(16)22-11-17-7-3-4-8-18(17)14-25-22/h3-4,7-8,11-15H,2,5-6,9-10H2,1H3,(H,26,27,29). The molecule has 1 fully saturated rings. The van der Waals surface area contributed by atoms with Crippen molar-refractivity contribution in [2.45, 2.75) is 26.2 Å². The van der Waals surface area contributed by atoms with E-state index in [2.05, 4.69) is 61.0 Å². The highest BCUT2D eigenvalue weighted by Gasteiger charge is 2.20. The van der Waals surface area contributed by atoms with Crippen LogP contribution in [0.2, 0.25) is 0 Å². The number of nitrogens with zero attached hydrogens (tertiary/aromatic N) is 6. The van der Waals surface area contributed by atoms with Crippen LogP contribution < -0.4 is 4.90 Å². The molecule has 0 unspecified atom stereocenters. The SMILES string of the molecule is Cc1nc2c(-c3ncn[nH]3)cc(N3CCCCC3)cc2n1-c1cc2ccccc2cn1. The Morgan fingerprint density at radius 2 is 1.77 bits per heavy atom. The van der Waals surface area contributed by atoms with Gasteiger partial charge in [-0.2, -0.15) is 5.10 Å². The third-order valence-electron chi connectivity index (χ3n) is 6.15. The molecule has 0 radical (unpaired) electrons. The molecule has 0 saturated carbocycles. The highest BCUT2D eigenvalue weighted by Crippen LogP contribution is 2.34. The van der Waals surface area contributed by atoms with Gasteiger partial charge < -0.3 is 4.90 Å². The Bertz CT molecular complexity index is 1380. The van der Waals surface area contributed by atoms with Crippen LogP contribution in [0.25, 0.3) is 39.0 Å². The normalized spacial score (nSPS) is 14.5. The third kappa shape index (κ3) is 3.04. The van der Waals surface area contributed by atoms with Crippen molar-refractivity contribution in [2.24, 2.45) is 0 Å². The van der Waals surface area contributed by atoms with E-state index in [9.17, 15) is 0 Å². The summed E-state index contributed by atoms with van der Waals surface area (Å²) in [6, 6.07) is 14.9. The second-order valence-corrected chi connectivity index (χ2v) is 8.13. The van der Waals surface area contributed by atoms with Crippen LogP contribution in [0, 0.1) is 6.92 Å². The molecule has 7 nitrogen and oxygen atoms in total. The fourth-order valence-corrected chi connectivity index (χ4v) is 4.61. The molecule has 4 heterocycles. The van der Waals surface area contributed by atoms with E-state index in [0.29, 0.717) is 0 Å². The molecule has 0 aliphatic carbocycles. The number of aryl methyl sites for hydroxylation is 1. The number of rotatable bonds is 3. The zero-order valence-electron chi connectivity index (χ0n) is 17.4. The molecule has 31 heavy (non-hydrogen) atoms. The topological polar surface area (TPSA) is 75.5 Å². The molecule has 1 saturated heterocycles. The summed E-state index contributed by atoms with van der Waals surface area (Å²) in [5.41, 5.74) is 4.11. The summed E-state index contributed by atoms with van der Waals surface area (Å²) in [5.74, 6) is 2.51. The molecule has 1 aliphatic heterocycles. The maximum absolute atomic E-state index is 4.93. The first-order valence-corrected chi connectivity index (χ1v) is 10.8. The predicted molar refractivity (Wildman–Crippen MR) is 123 cm³/mol. The number of piperidine rings is 1.